The van der Waals surface area contributed by atoms with E-state index < -0.39 is 56.0 Å². The lowest BCUT2D eigenvalue weighted by Crippen LogP contribution is -2.70. The van der Waals surface area contributed by atoms with Crippen LogP contribution in [0.2, 0.25) is 0 Å². The van der Waals surface area contributed by atoms with Gasteiger partial charge in [0.25, 0.3) is 17.1 Å². The molecule has 212 valence electrons. The largest absolute Gasteiger partial charge is 0.472 e. The van der Waals surface area contributed by atoms with Crippen molar-refractivity contribution in [2.75, 3.05) is 29.2 Å². The Morgan fingerprint density at radius 1 is 1.20 bits per heavy atom. The van der Waals surface area contributed by atoms with Crippen LogP contribution < -0.4 is 21.5 Å². The van der Waals surface area contributed by atoms with E-state index in [2.05, 4.69) is 15.3 Å². The second-order valence-electron chi connectivity index (χ2n) is 10.3. The number of nitrogens with one attached hydrogen (secondary N) is 2. The van der Waals surface area contributed by atoms with E-state index in [4.69, 9.17) is 29.0 Å². The van der Waals surface area contributed by atoms with Crippen LogP contribution in [0.15, 0.2) is 53.3 Å². The zero-order chi connectivity index (χ0) is 28.3. The molecule has 0 radical (unpaired) electrons. The second kappa shape index (κ2) is 8.14. The lowest BCUT2D eigenvalue weighted by molar-refractivity contribution is -0.201. The zero-order valence-electron chi connectivity index (χ0n) is 20.9. The van der Waals surface area contributed by atoms with E-state index in [9.17, 15) is 24.2 Å². The summed E-state index contributed by atoms with van der Waals surface area (Å²) in [5.74, 6) is -3.06. The Morgan fingerprint density at radius 3 is 2.59 bits per heavy atom. The molecule has 41 heavy (non-hydrogen) atoms. The van der Waals surface area contributed by atoms with Gasteiger partial charge in [-0.25, -0.2) is 14.3 Å². The van der Waals surface area contributed by atoms with Crippen LogP contribution in [-0.4, -0.2) is 69.2 Å². The topological polar surface area (TPSA) is 211 Å². The number of rotatable bonds is 2. The number of fused-ring (bicyclic) bond motifs is 6. The molecule has 4 aliphatic heterocycles. The Hall–Kier alpha value is -3.82. The zero-order valence-corrected chi connectivity index (χ0v) is 21.8. The molecule has 8 rings (SSSR count). The number of phosphoric ester groups is 1. The van der Waals surface area contributed by atoms with Crippen LogP contribution in [0, 0.1) is 0 Å². The average Bonchev–Trinajstić information content (AvgIpc) is 3.46. The minimum Gasteiger partial charge on any atom is -0.448 e. The van der Waals surface area contributed by atoms with Crippen molar-refractivity contribution in [1.29, 1.82) is 0 Å². The van der Waals surface area contributed by atoms with Gasteiger partial charge in [-0.15, -0.1) is 0 Å². The molecule has 6 N–H and O–H groups in total. The van der Waals surface area contributed by atoms with Crippen molar-refractivity contribution < 1.29 is 42.6 Å². The maximum atomic E-state index is 13.9. The maximum absolute atomic E-state index is 13.9. The van der Waals surface area contributed by atoms with Gasteiger partial charge in [-0.1, -0.05) is 48.5 Å². The highest BCUT2D eigenvalue weighted by Crippen LogP contribution is 2.65. The predicted octanol–water partition coefficient (Wildman–Crippen LogP) is 1.19. The van der Waals surface area contributed by atoms with Gasteiger partial charge in [-0.3, -0.25) is 18.8 Å². The minimum atomic E-state index is -4.57. The first-order valence-corrected chi connectivity index (χ1v) is 14.2. The second-order valence-corrected chi connectivity index (χ2v) is 11.7. The number of hydrogen-bond donors (Lipinski definition) is 5. The summed E-state index contributed by atoms with van der Waals surface area (Å²) < 4.78 is 39.7. The molecule has 0 saturated carbocycles. The van der Waals surface area contributed by atoms with Gasteiger partial charge < -0.3 is 35.3 Å². The number of aliphatic hydroxyl groups is 1. The van der Waals surface area contributed by atoms with E-state index in [-0.39, 0.29) is 30.0 Å². The molecular formula is C25H22N5O10P. The third kappa shape index (κ3) is 3.30. The number of nitrogens with two attached hydrogens (primary N) is 1. The Morgan fingerprint density at radius 2 is 1.88 bits per heavy atom. The molecule has 15 nitrogen and oxygen atoms in total. The number of benzene rings is 2. The fourth-order valence-electron chi connectivity index (χ4n) is 6.34. The fraction of sp³-hybridized carbons (Fsp3) is 0.320. The molecule has 16 heteroatoms. The average molecular weight is 583 g/mol. The Kier molecular flexibility index (Phi) is 4.95. The number of H-pyrrole nitrogens is 1. The minimum absolute atomic E-state index is 0.116. The van der Waals surface area contributed by atoms with E-state index in [1.807, 2.05) is 48.5 Å². The van der Waals surface area contributed by atoms with Crippen molar-refractivity contribution in [2.24, 2.45) is 0 Å². The Balaban J connectivity index is 1.18. The highest BCUT2D eigenvalue weighted by Gasteiger charge is 2.88. The molecular weight excluding hydrogens is 561 g/mol. The monoisotopic (exact) mass is 583 g/mol. The number of aromatic amines is 1. The molecule has 2 unspecified atom stereocenters. The van der Waals surface area contributed by atoms with Crippen LogP contribution in [0.25, 0.3) is 11.1 Å². The van der Waals surface area contributed by atoms with Gasteiger partial charge in [-0.2, -0.15) is 4.98 Å². The van der Waals surface area contributed by atoms with Gasteiger partial charge in [0.2, 0.25) is 5.95 Å². The van der Waals surface area contributed by atoms with Gasteiger partial charge in [0.15, 0.2) is 23.8 Å². The van der Waals surface area contributed by atoms with Gasteiger partial charge in [-0.05, 0) is 22.3 Å². The highest BCUT2D eigenvalue weighted by molar-refractivity contribution is 7.47. The number of hydrogen-bond acceptors (Lipinski definition) is 12. The van der Waals surface area contributed by atoms with E-state index in [0.29, 0.717) is 0 Å². The molecule has 1 spiro atoms. The van der Waals surface area contributed by atoms with E-state index in [0.717, 1.165) is 27.2 Å². The molecule has 3 fully saturated rings. The predicted molar refractivity (Wildman–Crippen MR) is 139 cm³/mol. The number of phosphoric acid groups is 1. The molecule has 0 bridgehead atoms. The number of carbonyl (C=O) groups is 1. The molecule has 1 amide bonds. The first kappa shape index (κ1) is 24.9. The van der Waals surface area contributed by atoms with E-state index >= 15 is 0 Å². The van der Waals surface area contributed by atoms with Crippen LogP contribution in [-0.2, 0) is 27.8 Å². The van der Waals surface area contributed by atoms with Crippen LogP contribution in [0.4, 0.5) is 22.2 Å². The number of nitrogen functional groups attached to an aromatic ring is 1. The molecule has 5 aliphatic rings. The molecule has 1 aliphatic carbocycles. The number of nitrogens with zero attached hydrogens (tertiary/aromatic N) is 2. The summed E-state index contributed by atoms with van der Waals surface area (Å²) in [6.45, 7) is -0.532. The normalized spacial score (nSPS) is 34.2. The summed E-state index contributed by atoms with van der Waals surface area (Å²) in [7, 11) is -4.57. The molecule has 1 aromatic heterocycles. The van der Waals surface area contributed by atoms with Crippen molar-refractivity contribution in [3.63, 3.8) is 0 Å². The molecule has 2 aromatic carbocycles. The van der Waals surface area contributed by atoms with Gasteiger partial charge in [0, 0.05) is 5.92 Å². The van der Waals surface area contributed by atoms with Crippen LogP contribution in [0.3, 0.4) is 0 Å². The third-order valence-electron chi connectivity index (χ3n) is 8.08. The molecule has 3 saturated heterocycles. The van der Waals surface area contributed by atoms with Crippen molar-refractivity contribution in [3.05, 3.63) is 70.0 Å². The van der Waals surface area contributed by atoms with Crippen molar-refractivity contribution in [1.82, 2.24) is 9.97 Å². The SMILES string of the molecule is Nc1nc2c(c(=O)[nH]1)N(C(=O)OCC1c3ccccc3-c3ccccc31)[C@@]13OC1(O)[C@H]1OP(=O)(O)OC[C@H]1O[C@H]3N2. The lowest BCUT2D eigenvalue weighted by atomic mass is 9.93. The van der Waals surface area contributed by atoms with E-state index in [1.165, 1.54) is 0 Å². The molecule has 6 atom stereocenters. The molecule has 3 aromatic rings. The van der Waals surface area contributed by atoms with Crippen molar-refractivity contribution >= 4 is 31.4 Å². The summed E-state index contributed by atoms with van der Waals surface area (Å²) in [6, 6.07) is 15.5. The standard InChI is InChI=1S/C25H22N5O10P/c26-22-28-19-17(20(31)29-22)30(24-21(27-19)38-16-10-37-41(34,35)39-18(16)25(24,33)40-24)23(32)36-9-15-13-7-3-1-5-11(13)12-6-2-4-8-14(12)15/h1-8,15-16,18,21,33H,9-10H2,(H,34,35)(H4,26,27,28,29,31)/t16-,18+,21-,24+,25?/m1/s1. The Bertz CT molecular complexity index is 1710. The number of anilines is 3. The summed E-state index contributed by atoms with van der Waals surface area (Å²) in [5.41, 5.74) is 6.40. The van der Waals surface area contributed by atoms with Gasteiger partial charge >= 0.3 is 13.9 Å². The smallest absolute Gasteiger partial charge is 0.448 e. The van der Waals surface area contributed by atoms with Crippen LogP contribution in [0.1, 0.15) is 17.0 Å². The summed E-state index contributed by atoms with van der Waals surface area (Å²) in [4.78, 5) is 44.2. The van der Waals surface area contributed by atoms with Crippen molar-refractivity contribution in [2.45, 2.75) is 35.9 Å². The van der Waals surface area contributed by atoms with Gasteiger partial charge in [0.05, 0.1) is 6.61 Å². The number of amides is 1. The lowest BCUT2D eigenvalue weighted by Gasteiger charge is -2.47. The number of aromatic nitrogens is 2. The van der Waals surface area contributed by atoms with E-state index in [1.54, 1.807) is 0 Å². The van der Waals surface area contributed by atoms with Gasteiger partial charge in [0.1, 0.15) is 12.7 Å². The number of carbonyl (C=O) groups excluding carboxylic acids is 1. The van der Waals surface area contributed by atoms with Crippen LogP contribution >= 0.6 is 7.82 Å². The number of ether oxygens (including phenoxy) is 3. The highest BCUT2D eigenvalue weighted by atomic mass is 31.2. The third-order valence-corrected chi connectivity index (χ3v) is 9.05. The number of epoxide rings is 1. The summed E-state index contributed by atoms with van der Waals surface area (Å²) in [5, 5.41) is 14.5. The van der Waals surface area contributed by atoms with Crippen LogP contribution in [0.5, 0.6) is 0 Å². The molecule has 5 heterocycles. The van der Waals surface area contributed by atoms with Crippen molar-refractivity contribution in [3.8, 4) is 11.1 Å². The summed E-state index contributed by atoms with van der Waals surface area (Å²) >= 11 is 0. The maximum Gasteiger partial charge on any atom is 0.472 e. The first-order valence-electron chi connectivity index (χ1n) is 12.7. The fourth-order valence-corrected chi connectivity index (χ4v) is 7.30. The summed E-state index contributed by atoms with van der Waals surface area (Å²) in [6.07, 6.45) is -5.00. The first-order chi connectivity index (χ1) is 19.6. The quantitative estimate of drug-likeness (QED) is 0.212. The Labute approximate surface area is 230 Å².